The van der Waals surface area contributed by atoms with Crippen molar-refractivity contribution in [2.75, 3.05) is 13.6 Å². The van der Waals surface area contributed by atoms with Crippen LogP contribution in [0.1, 0.15) is 18.0 Å². The summed E-state index contributed by atoms with van der Waals surface area (Å²) in [7, 11) is -2.02. The van der Waals surface area contributed by atoms with E-state index < -0.39 is 22.1 Å². The van der Waals surface area contributed by atoms with Crippen LogP contribution >= 0.6 is 11.6 Å². The summed E-state index contributed by atoms with van der Waals surface area (Å²) in [5, 5.41) is 0.586. The Bertz CT molecular complexity index is 919. The van der Waals surface area contributed by atoms with Gasteiger partial charge in [0, 0.05) is 17.6 Å². The molecule has 2 aromatic carbocycles. The lowest BCUT2D eigenvalue weighted by molar-refractivity contribution is -0.274. The van der Waals surface area contributed by atoms with Crippen LogP contribution < -0.4 is 9.46 Å². The van der Waals surface area contributed by atoms with E-state index in [2.05, 4.69) is 9.46 Å². The van der Waals surface area contributed by atoms with Crippen molar-refractivity contribution in [3.05, 3.63) is 59.1 Å². The fraction of sp³-hybridized carbons (Fsp3) is 0.333. The molecule has 1 aliphatic rings. The van der Waals surface area contributed by atoms with Crippen LogP contribution in [0, 0.1) is 0 Å². The number of alkyl halides is 3. The highest BCUT2D eigenvalue weighted by molar-refractivity contribution is 7.89. The summed E-state index contributed by atoms with van der Waals surface area (Å²) in [6.45, 7) is 0.693. The predicted octanol–water partition coefficient (Wildman–Crippen LogP) is 3.96. The maximum Gasteiger partial charge on any atom is 0.573 e. The van der Waals surface area contributed by atoms with Crippen molar-refractivity contribution in [2.24, 2.45) is 0 Å². The molecule has 0 saturated carbocycles. The first-order valence-electron chi connectivity index (χ1n) is 8.39. The normalized spacial score (nSPS) is 21.0. The highest BCUT2D eigenvalue weighted by atomic mass is 35.5. The maximum absolute atomic E-state index is 12.7. The molecule has 3 rings (SSSR count). The molecule has 0 spiro atoms. The number of nitrogens with one attached hydrogen (secondary N) is 1. The molecule has 0 unspecified atom stereocenters. The predicted molar refractivity (Wildman–Crippen MR) is 98.7 cm³/mol. The molecular weight excluding hydrogens is 417 g/mol. The minimum absolute atomic E-state index is 0.133. The second-order valence-corrected chi connectivity index (χ2v) is 8.66. The van der Waals surface area contributed by atoms with Gasteiger partial charge < -0.3 is 4.74 Å². The third-order valence-corrected chi connectivity index (χ3v) is 6.29. The summed E-state index contributed by atoms with van der Waals surface area (Å²) in [5.41, 5.74) is 0.922. The zero-order valence-corrected chi connectivity index (χ0v) is 16.4. The molecular formula is C18H18ClF3N2O3S. The van der Waals surface area contributed by atoms with Gasteiger partial charge in [0.2, 0.25) is 10.0 Å². The Morgan fingerprint density at radius 1 is 1.11 bits per heavy atom. The highest BCUT2D eigenvalue weighted by Gasteiger charge is 2.36. The monoisotopic (exact) mass is 434 g/mol. The Labute approximate surface area is 166 Å². The molecule has 1 saturated heterocycles. The molecule has 1 fully saturated rings. The van der Waals surface area contributed by atoms with Gasteiger partial charge in [-0.3, -0.25) is 4.90 Å². The molecule has 10 heteroatoms. The number of ether oxygens (including phenoxy) is 1. The van der Waals surface area contributed by atoms with Crippen molar-refractivity contribution < 1.29 is 26.3 Å². The number of likely N-dealkylation sites (N-methyl/N-ethyl adjacent to an activating group) is 1. The smallest absolute Gasteiger partial charge is 0.406 e. The highest BCUT2D eigenvalue weighted by Crippen LogP contribution is 2.33. The molecule has 2 aromatic rings. The molecule has 1 aliphatic heterocycles. The zero-order chi connectivity index (χ0) is 20.5. The van der Waals surface area contributed by atoms with Gasteiger partial charge in [-0.05, 0) is 55.4 Å². The largest absolute Gasteiger partial charge is 0.573 e. The minimum atomic E-state index is -4.83. The number of likely N-dealkylation sites (tertiary alicyclic amines) is 1. The number of benzene rings is 2. The lowest BCUT2D eigenvalue weighted by atomic mass is 10.0. The molecule has 0 amide bonds. The molecule has 0 aliphatic carbocycles. The Morgan fingerprint density at radius 2 is 1.71 bits per heavy atom. The van der Waals surface area contributed by atoms with Gasteiger partial charge >= 0.3 is 6.36 Å². The van der Waals surface area contributed by atoms with Crippen molar-refractivity contribution in [1.29, 1.82) is 0 Å². The van der Waals surface area contributed by atoms with E-state index >= 15 is 0 Å². The van der Waals surface area contributed by atoms with Crippen molar-refractivity contribution in [2.45, 2.75) is 29.8 Å². The summed E-state index contributed by atoms with van der Waals surface area (Å²) >= 11 is 5.92. The van der Waals surface area contributed by atoms with Crippen LogP contribution in [0.15, 0.2) is 53.4 Å². The fourth-order valence-corrected chi connectivity index (χ4v) is 4.71. The van der Waals surface area contributed by atoms with Gasteiger partial charge in [-0.2, -0.15) is 0 Å². The summed E-state index contributed by atoms with van der Waals surface area (Å²) in [6, 6.07) is 10.7. The van der Waals surface area contributed by atoms with Crippen LogP contribution in [0.3, 0.4) is 0 Å². The first-order chi connectivity index (χ1) is 13.0. The minimum Gasteiger partial charge on any atom is -0.406 e. The number of sulfonamides is 1. The average Bonchev–Trinajstić information content (AvgIpc) is 2.94. The third kappa shape index (κ3) is 4.96. The van der Waals surface area contributed by atoms with Gasteiger partial charge in [-0.15, -0.1) is 13.2 Å². The topological polar surface area (TPSA) is 58.6 Å². The van der Waals surface area contributed by atoms with Crippen LogP contribution in [0.5, 0.6) is 5.75 Å². The molecule has 152 valence electrons. The maximum atomic E-state index is 12.7. The molecule has 0 radical (unpaired) electrons. The van der Waals surface area contributed by atoms with Gasteiger partial charge in [-0.25, -0.2) is 13.1 Å². The third-order valence-electron chi connectivity index (χ3n) is 4.53. The van der Waals surface area contributed by atoms with E-state index in [1.54, 1.807) is 12.1 Å². The van der Waals surface area contributed by atoms with E-state index in [4.69, 9.17) is 11.6 Å². The van der Waals surface area contributed by atoms with Gasteiger partial charge in [0.05, 0.1) is 10.9 Å². The molecule has 1 heterocycles. The molecule has 5 nitrogen and oxygen atoms in total. The van der Waals surface area contributed by atoms with E-state index in [0.717, 1.165) is 29.8 Å². The molecule has 2 atom stereocenters. The van der Waals surface area contributed by atoms with Gasteiger partial charge in [0.15, 0.2) is 0 Å². The van der Waals surface area contributed by atoms with Crippen molar-refractivity contribution in [3.8, 4) is 5.75 Å². The van der Waals surface area contributed by atoms with Crippen LogP contribution in [0.25, 0.3) is 0 Å². The van der Waals surface area contributed by atoms with Crippen LogP contribution in [-0.2, 0) is 10.0 Å². The van der Waals surface area contributed by atoms with E-state index in [-0.39, 0.29) is 17.0 Å². The number of hydrogen-bond donors (Lipinski definition) is 1. The summed E-state index contributed by atoms with van der Waals surface area (Å²) < 4.78 is 68.6. The Hall–Kier alpha value is -1.81. The molecule has 28 heavy (non-hydrogen) atoms. The second-order valence-electron chi connectivity index (χ2n) is 6.51. The van der Waals surface area contributed by atoms with E-state index in [9.17, 15) is 21.6 Å². The van der Waals surface area contributed by atoms with Crippen molar-refractivity contribution >= 4 is 21.6 Å². The molecule has 0 bridgehead atoms. The summed E-state index contributed by atoms with van der Waals surface area (Å²) in [4.78, 5) is 1.91. The lowest BCUT2D eigenvalue weighted by Crippen LogP contribution is -2.38. The quantitative estimate of drug-likeness (QED) is 0.773. The fourth-order valence-electron chi connectivity index (χ4n) is 3.30. The standard InChI is InChI=1S/C18H18ClF3N2O3S/c1-24-11-10-16(17(24)12-2-4-13(19)5-3-12)23-28(25,26)15-8-6-14(7-9-15)27-18(20,21)22/h2-9,16-17,23H,10-11H2,1H3/t16-,17+/m0/s1. The Kier molecular flexibility index (Phi) is 5.90. The van der Waals surface area contributed by atoms with Gasteiger partial charge in [0.1, 0.15) is 5.75 Å². The molecule has 1 N–H and O–H groups in total. The lowest BCUT2D eigenvalue weighted by Gasteiger charge is -2.26. The average molecular weight is 435 g/mol. The van der Waals surface area contributed by atoms with Crippen molar-refractivity contribution in [3.63, 3.8) is 0 Å². The number of nitrogens with zero attached hydrogens (tertiary/aromatic N) is 1. The van der Waals surface area contributed by atoms with Crippen molar-refractivity contribution in [1.82, 2.24) is 9.62 Å². The Balaban J connectivity index is 1.78. The Morgan fingerprint density at radius 3 is 2.29 bits per heavy atom. The van der Waals surface area contributed by atoms with Gasteiger partial charge in [0.25, 0.3) is 0 Å². The SMILES string of the molecule is CN1CC[C@H](NS(=O)(=O)c2ccc(OC(F)(F)F)cc2)[C@H]1c1ccc(Cl)cc1. The van der Waals surface area contributed by atoms with E-state index in [1.807, 2.05) is 24.1 Å². The molecule has 0 aromatic heterocycles. The van der Waals surface area contributed by atoms with Crippen LogP contribution in [0.4, 0.5) is 13.2 Å². The second kappa shape index (κ2) is 7.90. The number of halogens is 4. The van der Waals surface area contributed by atoms with Crippen LogP contribution in [-0.4, -0.2) is 39.3 Å². The van der Waals surface area contributed by atoms with Crippen LogP contribution in [0.2, 0.25) is 5.02 Å². The summed E-state index contributed by atoms with van der Waals surface area (Å²) in [5.74, 6) is -0.480. The number of hydrogen-bond acceptors (Lipinski definition) is 4. The van der Waals surface area contributed by atoms with E-state index in [0.29, 0.717) is 18.0 Å². The zero-order valence-electron chi connectivity index (χ0n) is 14.8. The number of rotatable bonds is 5. The first kappa shape index (κ1) is 20.9. The van der Waals surface area contributed by atoms with Gasteiger partial charge in [-0.1, -0.05) is 23.7 Å². The first-order valence-corrected chi connectivity index (χ1v) is 10.3. The summed E-state index contributed by atoms with van der Waals surface area (Å²) in [6.07, 6.45) is -4.24. The van der Waals surface area contributed by atoms with E-state index in [1.165, 1.54) is 0 Å².